The number of anilines is 2. The number of hydrogen-bond acceptors (Lipinski definition) is 4. The summed E-state index contributed by atoms with van der Waals surface area (Å²) in [4.78, 5) is 20.0. The molecule has 1 aliphatic rings. The topological polar surface area (TPSA) is 66.9 Å². The summed E-state index contributed by atoms with van der Waals surface area (Å²) < 4.78 is 0. The number of nitrogens with zero attached hydrogens (tertiary/aromatic N) is 2. The Balaban J connectivity index is 1.77. The molecule has 0 unspecified atom stereocenters. The van der Waals surface area contributed by atoms with Crippen molar-refractivity contribution in [3.05, 3.63) is 46.3 Å². The van der Waals surface area contributed by atoms with Crippen molar-refractivity contribution in [3.8, 4) is 0 Å². The summed E-state index contributed by atoms with van der Waals surface area (Å²) in [6.45, 7) is 0. The molecule has 0 spiro atoms. The quantitative estimate of drug-likeness (QED) is 0.905. The number of nitrogens with one attached hydrogen (secondary N) is 2. The molecule has 1 fully saturated rings. The van der Waals surface area contributed by atoms with E-state index in [0.29, 0.717) is 27.2 Å². The van der Waals surface area contributed by atoms with E-state index in [1.54, 1.807) is 24.3 Å². The van der Waals surface area contributed by atoms with Gasteiger partial charge in [0.2, 0.25) is 0 Å². The van der Waals surface area contributed by atoms with Crippen molar-refractivity contribution < 1.29 is 4.79 Å². The summed E-state index contributed by atoms with van der Waals surface area (Å²) in [7, 11) is 0. The number of halogens is 2. The first kappa shape index (κ1) is 14.1. The van der Waals surface area contributed by atoms with Crippen molar-refractivity contribution in [1.29, 1.82) is 0 Å². The molecule has 0 radical (unpaired) electrons. The molecule has 0 aliphatic heterocycles. The molecule has 1 heterocycles. The summed E-state index contributed by atoms with van der Waals surface area (Å²) >= 11 is 11.9. The second-order valence-electron chi connectivity index (χ2n) is 4.79. The molecule has 1 aromatic heterocycles. The van der Waals surface area contributed by atoms with Gasteiger partial charge in [0.15, 0.2) is 0 Å². The Morgan fingerprint density at radius 3 is 2.71 bits per heavy atom. The Hall–Kier alpha value is -1.85. The molecular formula is C14H12Cl2N4O. The van der Waals surface area contributed by atoms with Gasteiger partial charge in [-0.2, -0.15) is 0 Å². The number of hydrogen-bond donors (Lipinski definition) is 2. The van der Waals surface area contributed by atoms with E-state index in [4.69, 9.17) is 23.2 Å². The molecular weight excluding hydrogens is 311 g/mol. The molecule has 0 atom stereocenters. The summed E-state index contributed by atoms with van der Waals surface area (Å²) in [5, 5.41) is 6.95. The average Bonchev–Trinajstić information content (AvgIpc) is 3.26. The summed E-state index contributed by atoms with van der Waals surface area (Å²) in [5.74, 6) is 0.306. The zero-order chi connectivity index (χ0) is 14.8. The molecule has 3 rings (SSSR count). The van der Waals surface area contributed by atoms with Crippen LogP contribution < -0.4 is 10.6 Å². The number of carbonyl (C=O) groups is 1. The monoisotopic (exact) mass is 322 g/mol. The first-order chi connectivity index (χ1) is 10.1. The predicted molar refractivity (Wildman–Crippen MR) is 82.3 cm³/mol. The lowest BCUT2D eigenvalue weighted by molar-refractivity contribution is 0.0946. The van der Waals surface area contributed by atoms with Crippen LogP contribution in [0.5, 0.6) is 0 Å². The van der Waals surface area contributed by atoms with Crippen LogP contribution in [0.25, 0.3) is 0 Å². The number of benzene rings is 1. The lowest BCUT2D eigenvalue weighted by Crippen LogP contribution is -2.26. The molecule has 1 aliphatic carbocycles. The SMILES string of the molecule is O=C(NC1CC1)c1cc(Nc2ccc(Cl)cc2Cl)ncn1. The van der Waals surface area contributed by atoms with Gasteiger partial charge in [-0.3, -0.25) is 4.79 Å². The minimum atomic E-state index is -0.190. The van der Waals surface area contributed by atoms with E-state index in [2.05, 4.69) is 20.6 Å². The lowest BCUT2D eigenvalue weighted by Gasteiger charge is -2.09. The Kier molecular flexibility index (Phi) is 3.94. The maximum Gasteiger partial charge on any atom is 0.270 e. The van der Waals surface area contributed by atoms with Gasteiger partial charge >= 0.3 is 0 Å². The normalized spacial score (nSPS) is 13.8. The van der Waals surface area contributed by atoms with Crippen molar-refractivity contribution in [2.24, 2.45) is 0 Å². The van der Waals surface area contributed by atoms with Crippen molar-refractivity contribution >= 4 is 40.6 Å². The van der Waals surface area contributed by atoms with Gasteiger partial charge in [-0.15, -0.1) is 0 Å². The standard InChI is InChI=1S/C14H12Cl2N4O/c15-8-1-4-11(10(16)5-8)20-13-6-12(17-7-18-13)14(21)19-9-2-3-9/h1,4-7,9H,2-3H2,(H,19,21)(H,17,18,20). The number of rotatable bonds is 4. The van der Waals surface area contributed by atoms with Gasteiger partial charge in [0.25, 0.3) is 5.91 Å². The van der Waals surface area contributed by atoms with Crippen molar-refractivity contribution in [1.82, 2.24) is 15.3 Å². The summed E-state index contributed by atoms with van der Waals surface area (Å²) in [5.41, 5.74) is 0.984. The summed E-state index contributed by atoms with van der Waals surface area (Å²) in [6, 6.07) is 6.97. The lowest BCUT2D eigenvalue weighted by atomic mass is 10.3. The van der Waals surface area contributed by atoms with Crippen LogP contribution >= 0.6 is 23.2 Å². The highest BCUT2D eigenvalue weighted by atomic mass is 35.5. The first-order valence-corrected chi connectivity index (χ1v) is 7.22. The highest BCUT2D eigenvalue weighted by Gasteiger charge is 2.24. The summed E-state index contributed by atoms with van der Waals surface area (Å²) in [6.07, 6.45) is 3.40. The maximum atomic E-state index is 11.9. The second-order valence-corrected chi connectivity index (χ2v) is 5.63. The molecule has 1 aromatic carbocycles. The van der Waals surface area contributed by atoms with Crippen LogP contribution in [0, 0.1) is 0 Å². The largest absolute Gasteiger partial charge is 0.348 e. The fraction of sp³-hybridized carbons (Fsp3) is 0.214. The molecule has 2 N–H and O–H groups in total. The number of aromatic nitrogens is 2. The Morgan fingerprint density at radius 2 is 2.00 bits per heavy atom. The molecule has 2 aromatic rings. The maximum absolute atomic E-state index is 11.9. The van der Waals surface area contributed by atoms with Crippen LogP contribution in [0.2, 0.25) is 10.0 Å². The minimum Gasteiger partial charge on any atom is -0.348 e. The van der Waals surface area contributed by atoms with E-state index in [9.17, 15) is 4.79 Å². The zero-order valence-corrected chi connectivity index (χ0v) is 12.4. The van der Waals surface area contributed by atoms with E-state index in [1.165, 1.54) is 6.33 Å². The van der Waals surface area contributed by atoms with Crippen LogP contribution in [0.3, 0.4) is 0 Å². The Bertz CT molecular complexity index is 688. The van der Waals surface area contributed by atoms with Crippen LogP contribution in [0.4, 0.5) is 11.5 Å². The van der Waals surface area contributed by atoms with Gasteiger partial charge in [-0.25, -0.2) is 9.97 Å². The molecule has 0 bridgehead atoms. The van der Waals surface area contributed by atoms with E-state index >= 15 is 0 Å². The van der Waals surface area contributed by atoms with Gasteiger partial charge in [0, 0.05) is 17.1 Å². The van der Waals surface area contributed by atoms with Crippen LogP contribution in [-0.4, -0.2) is 21.9 Å². The molecule has 5 nitrogen and oxygen atoms in total. The molecule has 1 saturated carbocycles. The Morgan fingerprint density at radius 1 is 1.19 bits per heavy atom. The van der Waals surface area contributed by atoms with Gasteiger partial charge < -0.3 is 10.6 Å². The van der Waals surface area contributed by atoms with Crippen molar-refractivity contribution in [2.45, 2.75) is 18.9 Å². The van der Waals surface area contributed by atoms with Crippen LogP contribution in [-0.2, 0) is 0 Å². The highest BCUT2D eigenvalue weighted by molar-refractivity contribution is 6.36. The Labute approximate surface area is 131 Å². The van der Waals surface area contributed by atoms with Crippen molar-refractivity contribution in [3.63, 3.8) is 0 Å². The van der Waals surface area contributed by atoms with Crippen LogP contribution in [0.15, 0.2) is 30.6 Å². The third-order valence-corrected chi connectivity index (χ3v) is 3.55. The molecule has 21 heavy (non-hydrogen) atoms. The van der Waals surface area contributed by atoms with E-state index < -0.39 is 0 Å². The van der Waals surface area contributed by atoms with Crippen LogP contribution in [0.1, 0.15) is 23.3 Å². The molecule has 0 saturated heterocycles. The molecule has 1 amide bonds. The highest BCUT2D eigenvalue weighted by Crippen LogP contribution is 2.27. The minimum absolute atomic E-state index is 0.190. The average molecular weight is 323 g/mol. The van der Waals surface area contributed by atoms with E-state index in [0.717, 1.165) is 12.8 Å². The van der Waals surface area contributed by atoms with E-state index in [-0.39, 0.29) is 11.9 Å². The van der Waals surface area contributed by atoms with Gasteiger partial charge in [0.1, 0.15) is 17.8 Å². The fourth-order valence-corrected chi connectivity index (χ4v) is 2.22. The molecule has 108 valence electrons. The van der Waals surface area contributed by atoms with Gasteiger partial charge in [-0.05, 0) is 31.0 Å². The smallest absolute Gasteiger partial charge is 0.270 e. The molecule has 7 heteroatoms. The van der Waals surface area contributed by atoms with Gasteiger partial charge in [0.05, 0.1) is 10.7 Å². The van der Waals surface area contributed by atoms with E-state index in [1.807, 2.05) is 0 Å². The van der Waals surface area contributed by atoms with Crippen molar-refractivity contribution in [2.75, 3.05) is 5.32 Å². The number of carbonyl (C=O) groups excluding carboxylic acids is 1. The first-order valence-electron chi connectivity index (χ1n) is 6.47. The second kappa shape index (κ2) is 5.87. The zero-order valence-electron chi connectivity index (χ0n) is 10.9. The fourth-order valence-electron chi connectivity index (χ4n) is 1.77. The van der Waals surface area contributed by atoms with Gasteiger partial charge in [-0.1, -0.05) is 23.2 Å². The number of amides is 1. The predicted octanol–water partition coefficient (Wildman–Crippen LogP) is 3.42. The third-order valence-electron chi connectivity index (χ3n) is 3.01. The third kappa shape index (κ3) is 3.62.